The average Bonchev–Trinajstić information content (AvgIpc) is 2.91. The van der Waals surface area contributed by atoms with E-state index in [1.165, 1.54) is 35.0 Å². The molecule has 5 heteroatoms. The van der Waals surface area contributed by atoms with E-state index in [2.05, 4.69) is 24.1 Å². The van der Waals surface area contributed by atoms with E-state index in [1.807, 2.05) is 11.3 Å². The largest absolute Gasteiger partial charge is 0.384 e. The van der Waals surface area contributed by atoms with Crippen molar-refractivity contribution in [2.75, 3.05) is 38.3 Å². The number of ether oxygens (including phenoxy) is 1. The standard InChI is InChI=1S/C16H29N3OS/c1-4-8-17-10-15-14(5-2)18-16(21-15)19-9-6-7-13(11-19)12-20-3/h13,17H,4-12H2,1-3H3. The molecular weight excluding hydrogens is 282 g/mol. The first kappa shape index (κ1) is 16.7. The molecule has 1 unspecified atom stereocenters. The second-order valence-electron chi connectivity index (χ2n) is 5.81. The van der Waals surface area contributed by atoms with Crippen LogP contribution in [0.15, 0.2) is 0 Å². The Morgan fingerprint density at radius 1 is 1.43 bits per heavy atom. The van der Waals surface area contributed by atoms with Crippen molar-refractivity contribution >= 4 is 16.5 Å². The highest BCUT2D eigenvalue weighted by Crippen LogP contribution is 2.30. The number of nitrogens with zero attached hydrogens (tertiary/aromatic N) is 2. The number of nitrogens with one attached hydrogen (secondary N) is 1. The summed E-state index contributed by atoms with van der Waals surface area (Å²) in [6.07, 6.45) is 4.73. The monoisotopic (exact) mass is 311 g/mol. The maximum Gasteiger partial charge on any atom is 0.185 e. The van der Waals surface area contributed by atoms with Crippen molar-refractivity contribution in [3.8, 4) is 0 Å². The second kappa shape index (κ2) is 8.71. The molecule has 1 aromatic heterocycles. The van der Waals surface area contributed by atoms with E-state index < -0.39 is 0 Å². The Kier molecular flexibility index (Phi) is 6.93. The van der Waals surface area contributed by atoms with Crippen molar-refractivity contribution in [2.24, 2.45) is 5.92 Å². The average molecular weight is 311 g/mol. The molecular formula is C16H29N3OS. The van der Waals surface area contributed by atoms with E-state index in [1.54, 1.807) is 7.11 Å². The fourth-order valence-electron chi connectivity index (χ4n) is 2.91. The number of anilines is 1. The summed E-state index contributed by atoms with van der Waals surface area (Å²) in [6.45, 7) is 9.54. The van der Waals surface area contributed by atoms with Gasteiger partial charge in [0, 0.05) is 31.6 Å². The Bertz CT molecular complexity index is 420. The summed E-state index contributed by atoms with van der Waals surface area (Å²) in [4.78, 5) is 8.76. The van der Waals surface area contributed by atoms with Crippen molar-refractivity contribution in [1.29, 1.82) is 0 Å². The molecule has 1 fully saturated rings. The van der Waals surface area contributed by atoms with Crippen molar-refractivity contribution < 1.29 is 4.74 Å². The summed E-state index contributed by atoms with van der Waals surface area (Å²) in [6, 6.07) is 0. The molecule has 2 rings (SSSR count). The first-order valence-corrected chi connectivity index (χ1v) is 9.03. The number of hydrogen-bond acceptors (Lipinski definition) is 5. The molecule has 0 bridgehead atoms. The van der Waals surface area contributed by atoms with Gasteiger partial charge in [0.15, 0.2) is 5.13 Å². The predicted molar refractivity (Wildman–Crippen MR) is 90.3 cm³/mol. The van der Waals surface area contributed by atoms with Crippen molar-refractivity contribution in [3.05, 3.63) is 10.6 Å². The normalized spacial score (nSPS) is 19.2. The van der Waals surface area contributed by atoms with Gasteiger partial charge in [0.05, 0.1) is 12.3 Å². The molecule has 4 nitrogen and oxygen atoms in total. The van der Waals surface area contributed by atoms with Crippen LogP contribution in [0.1, 0.15) is 43.7 Å². The lowest BCUT2D eigenvalue weighted by atomic mass is 9.99. The first-order chi connectivity index (χ1) is 10.3. The minimum atomic E-state index is 0.652. The molecule has 21 heavy (non-hydrogen) atoms. The van der Waals surface area contributed by atoms with E-state index in [0.717, 1.165) is 39.2 Å². The quantitative estimate of drug-likeness (QED) is 0.749. The van der Waals surface area contributed by atoms with Crippen LogP contribution in [0.3, 0.4) is 0 Å². The molecule has 1 aromatic rings. The third kappa shape index (κ3) is 4.66. The number of thiazole rings is 1. The lowest BCUT2D eigenvalue weighted by Gasteiger charge is -2.32. The lowest BCUT2D eigenvalue weighted by molar-refractivity contribution is 0.143. The first-order valence-electron chi connectivity index (χ1n) is 8.21. The van der Waals surface area contributed by atoms with Gasteiger partial charge >= 0.3 is 0 Å². The van der Waals surface area contributed by atoms with Gasteiger partial charge in [0.1, 0.15) is 0 Å². The Morgan fingerprint density at radius 3 is 3.00 bits per heavy atom. The molecule has 1 atom stereocenters. The third-order valence-corrected chi connectivity index (χ3v) is 5.16. The summed E-state index contributed by atoms with van der Waals surface area (Å²) < 4.78 is 5.33. The van der Waals surface area contributed by atoms with E-state index in [9.17, 15) is 0 Å². The summed E-state index contributed by atoms with van der Waals surface area (Å²) >= 11 is 1.87. The Morgan fingerprint density at radius 2 is 2.29 bits per heavy atom. The minimum absolute atomic E-state index is 0.652. The fraction of sp³-hybridized carbons (Fsp3) is 0.812. The molecule has 120 valence electrons. The van der Waals surface area contributed by atoms with E-state index in [4.69, 9.17) is 9.72 Å². The van der Waals surface area contributed by atoms with Gasteiger partial charge in [0.2, 0.25) is 0 Å². The molecule has 0 spiro atoms. The maximum absolute atomic E-state index is 5.33. The molecule has 0 amide bonds. The maximum atomic E-state index is 5.33. The van der Waals surface area contributed by atoms with Gasteiger partial charge in [-0.2, -0.15) is 0 Å². The Labute approximate surface area is 132 Å². The minimum Gasteiger partial charge on any atom is -0.384 e. The summed E-state index contributed by atoms with van der Waals surface area (Å²) in [7, 11) is 1.80. The zero-order valence-electron chi connectivity index (χ0n) is 13.7. The van der Waals surface area contributed by atoms with Crippen LogP contribution in [0, 0.1) is 5.92 Å². The lowest BCUT2D eigenvalue weighted by Crippen LogP contribution is -2.37. The van der Waals surface area contributed by atoms with Gasteiger partial charge in [0.25, 0.3) is 0 Å². The summed E-state index contributed by atoms with van der Waals surface area (Å²) in [5, 5.41) is 4.71. The van der Waals surface area contributed by atoms with Crippen molar-refractivity contribution in [2.45, 2.75) is 46.1 Å². The smallest absolute Gasteiger partial charge is 0.185 e. The van der Waals surface area contributed by atoms with Gasteiger partial charge in [-0.25, -0.2) is 4.98 Å². The van der Waals surface area contributed by atoms with Crippen LogP contribution in [-0.4, -0.2) is 38.3 Å². The molecule has 0 radical (unpaired) electrons. The number of methoxy groups -OCH3 is 1. The molecule has 1 aliphatic heterocycles. The zero-order valence-corrected chi connectivity index (χ0v) is 14.5. The highest BCUT2D eigenvalue weighted by atomic mass is 32.1. The van der Waals surface area contributed by atoms with E-state index in [-0.39, 0.29) is 0 Å². The SMILES string of the molecule is CCCNCc1sc(N2CCCC(COC)C2)nc1CC. The number of piperidine rings is 1. The number of aryl methyl sites for hydroxylation is 1. The van der Waals surface area contributed by atoms with Crippen molar-refractivity contribution in [3.63, 3.8) is 0 Å². The number of rotatable bonds is 8. The zero-order chi connectivity index (χ0) is 15.1. The van der Waals surface area contributed by atoms with Gasteiger partial charge in [-0.1, -0.05) is 13.8 Å². The molecule has 0 aliphatic carbocycles. The number of aromatic nitrogens is 1. The Hall–Kier alpha value is -0.650. The molecule has 1 aliphatic rings. The van der Waals surface area contributed by atoms with Gasteiger partial charge in [-0.15, -0.1) is 11.3 Å². The topological polar surface area (TPSA) is 37.4 Å². The molecule has 1 N–H and O–H groups in total. The number of hydrogen-bond donors (Lipinski definition) is 1. The highest BCUT2D eigenvalue weighted by Gasteiger charge is 2.23. The molecule has 2 heterocycles. The van der Waals surface area contributed by atoms with Crippen LogP contribution < -0.4 is 10.2 Å². The van der Waals surface area contributed by atoms with E-state index in [0.29, 0.717) is 5.92 Å². The third-order valence-electron chi connectivity index (χ3n) is 4.01. The second-order valence-corrected chi connectivity index (χ2v) is 6.87. The van der Waals surface area contributed by atoms with Gasteiger partial charge in [-0.05, 0) is 38.1 Å². The van der Waals surface area contributed by atoms with Crippen LogP contribution >= 0.6 is 11.3 Å². The Balaban J connectivity index is 2.01. The summed E-state index contributed by atoms with van der Waals surface area (Å²) in [5.41, 5.74) is 1.27. The van der Waals surface area contributed by atoms with Crippen LogP contribution in [-0.2, 0) is 17.7 Å². The highest BCUT2D eigenvalue weighted by molar-refractivity contribution is 7.15. The van der Waals surface area contributed by atoms with Crippen molar-refractivity contribution in [1.82, 2.24) is 10.3 Å². The van der Waals surface area contributed by atoms with Gasteiger partial charge < -0.3 is 15.0 Å². The molecule has 0 aromatic carbocycles. The van der Waals surface area contributed by atoms with E-state index >= 15 is 0 Å². The predicted octanol–water partition coefficient (Wildman–Crippen LogP) is 3.07. The fourth-order valence-corrected chi connectivity index (χ4v) is 4.06. The molecule has 1 saturated heterocycles. The summed E-state index contributed by atoms with van der Waals surface area (Å²) in [5.74, 6) is 0.652. The molecule has 0 saturated carbocycles. The van der Waals surface area contributed by atoms with Crippen LogP contribution in [0.2, 0.25) is 0 Å². The van der Waals surface area contributed by atoms with Crippen LogP contribution in [0.5, 0.6) is 0 Å². The van der Waals surface area contributed by atoms with Gasteiger partial charge in [-0.3, -0.25) is 0 Å². The van der Waals surface area contributed by atoms with Crippen LogP contribution in [0.4, 0.5) is 5.13 Å². The van der Waals surface area contributed by atoms with Crippen LogP contribution in [0.25, 0.3) is 0 Å².